The molecule has 1 aliphatic rings. The van der Waals surface area contributed by atoms with Crippen LogP contribution in [-0.4, -0.2) is 40.0 Å². The van der Waals surface area contributed by atoms with E-state index in [1.165, 1.54) is 12.1 Å². The normalized spacial score (nSPS) is 14.3. The van der Waals surface area contributed by atoms with E-state index in [-0.39, 0.29) is 16.6 Å². The second-order valence-electron chi connectivity index (χ2n) is 9.44. The number of nitro benzene ring substituents is 1. The highest BCUT2D eigenvalue weighted by molar-refractivity contribution is 6.31. The van der Waals surface area contributed by atoms with Crippen LogP contribution in [0.1, 0.15) is 64.4 Å². The molecule has 8 nitrogen and oxygen atoms in total. The summed E-state index contributed by atoms with van der Waals surface area (Å²) in [6, 6.07) is 17.1. The fraction of sp³-hybridized carbons (Fsp3) is 0.276. The molecule has 1 aliphatic carbocycles. The third kappa shape index (κ3) is 7.02. The number of hydrogen-bond donors (Lipinski definition) is 1. The molecule has 0 spiro atoms. The van der Waals surface area contributed by atoms with Crippen LogP contribution in [0.25, 0.3) is 0 Å². The Bertz CT molecular complexity index is 1360. The zero-order valence-electron chi connectivity index (χ0n) is 21.0. The van der Waals surface area contributed by atoms with Crippen molar-refractivity contribution in [1.29, 1.82) is 0 Å². The lowest BCUT2D eigenvalue weighted by Crippen LogP contribution is -2.48. The van der Waals surface area contributed by atoms with Crippen LogP contribution in [0, 0.1) is 10.1 Å². The van der Waals surface area contributed by atoms with E-state index in [0.717, 1.165) is 43.1 Å². The molecule has 202 valence electrons. The number of halogens is 2. The van der Waals surface area contributed by atoms with Crippen molar-refractivity contribution in [3.63, 3.8) is 0 Å². The van der Waals surface area contributed by atoms with Crippen LogP contribution in [-0.2, 0) is 4.79 Å². The maximum absolute atomic E-state index is 14.0. The number of ketones is 1. The molecule has 10 heteroatoms. The number of nitro groups is 1. The monoisotopic (exact) mass is 567 g/mol. The highest BCUT2D eigenvalue weighted by Crippen LogP contribution is 2.30. The third-order valence-corrected chi connectivity index (χ3v) is 7.24. The Morgan fingerprint density at radius 2 is 1.56 bits per heavy atom. The molecule has 0 heterocycles. The molecule has 4 rings (SSSR count). The first-order valence-corrected chi connectivity index (χ1v) is 13.4. The number of Topliss-reactive ketones (excluding diaryl/α,β-unsaturated/α-hetero) is 1. The number of amides is 2. The van der Waals surface area contributed by atoms with Gasteiger partial charge in [-0.15, -0.1) is 0 Å². The number of carbonyl (C=O) groups is 3. The van der Waals surface area contributed by atoms with Crippen molar-refractivity contribution in [3.05, 3.63) is 110 Å². The third-order valence-electron chi connectivity index (χ3n) is 6.75. The molecule has 0 saturated heterocycles. The molecule has 3 aromatic carbocycles. The topological polar surface area (TPSA) is 110 Å². The largest absolute Gasteiger partial charge is 0.351 e. The molecular formula is C29H27Cl2N3O5. The molecular weight excluding hydrogens is 541 g/mol. The van der Waals surface area contributed by atoms with Gasteiger partial charge in [0.2, 0.25) is 5.91 Å². The fourth-order valence-corrected chi connectivity index (χ4v) is 5.08. The van der Waals surface area contributed by atoms with E-state index in [2.05, 4.69) is 5.32 Å². The Balaban J connectivity index is 1.81. The molecule has 1 unspecified atom stereocenters. The van der Waals surface area contributed by atoms with Crippen LogP contribution >= 0.6 is 23.2 Å². The van der Waals surface area contributed by atoms with Crippen molar-refractivity contribution in [2.24, 2.45) is 0 Å². The summed E-state index contributed by atoms with van der Waals surface area (Å²) < 4.78 is 0. The van der Waals surface area contributed by atoms with Crippen molar-refractivity contribution in [2.45, 2.75) is 44.2 Å². The Kier molecular flexibility index (Phi) is 9.32. The highest BCUT2D eigenvalue weighted by atomic mass is 35.5. The molecule has 0 radical (unpaired) electrons. The van der Waals surface area contributed by atoms with E-state index < -0.39 is 40.8 Å². The number of benzene rings is 3. The highest BCUT2D eigenvalue weighted by Gasteiger charge is 2.37. The van der Waals surface area contributed by atoms with Gasteiger partial charge in [0.1, 0.15) is 11.6 Å². The number of nitrogens with zero attached hydrogens (tertiary/aromatic N) is 2. The van der Waals surface area contributed by atoms with Gasteiger partial charge in [-0.05, 0) is 42.7 Å². The van der Waals surface area contributed by atoms with Crippen LogP contribution in [0.3, 0.4) is 0 Å². The van der Waals surface area contributed by atoms with Gasteiger partial charge >= 0.3 is 0 Å². The summed E-state index contributed by atoms with van der Waals surface area (Å²) in [5.74, 6) is -1.75. The Hall–Kier alpha value is -3.75. The quantitative estimate of drug-likeness (QED) is 0.182. The van der Waals surface area contributed by atoms with E-state index in [4.69, 9.17) is 23.2 Å². The molecule has 39 heavy (non-hydrogen) atoms. The summed E-state index contributed by atoms with van der Waals surface area (Å²) in [5.41, 5.74) is -0.0520. The number of rotatable bonds is 9. The van der Waals surface area contributed by atoms with Gasteiger partial charge in [0, 0.05) is 27.7 Å². The average Bonchev–Trinajstić information content (AvgIpc) is 2.94. The van der Waals surface area contributed by atoms with Crippen molar-refractivity contribution in [1.82, 2.24) is 10.2 Å². The lowest BCUT2D eigenvalue weighted by Gasteiger charge is -2.33. The molecule has 2 amide bonds. The van der Waals surface area contributed by atoms with Gasteiger partial charge in [0.05, 0.1) is 11.5 Å². The van der Waals surface area contributed by atoms with Gasteiger partial charge in [0.15, 0.2) is 5.78 Å². The first kappa shape index (κ1) is 28.3. The van der Waals surface area contributed by atoms with Gasteiger partial charge in [0.25, 0.3) is 11.6 Å². The molecule has 1 N–H and O–H groups in total. The summed E-state index contributed by atoms with van der Waals surface area (Å²) in [5, 5.41) is 15.4. The zero-order valence-corrected chi connectivity index (χ0v) is 22.5. The van der Waals surface area contributed by atoms with Crippen molar-refractivity contribution in [3.8, 4) is 0 Å². The molecule has 0 aromatic heterocycles. The van der Waals surface area contributed by atoms with Crippen molar-refractivity contribution < 1.29 is 19.3 Å². The summed E-state index contributed by atoms with van der Waals surface area (Å²) in [4.78, 5) is 53.5. The first-order valence-electron chi connectivity index (χ1n) is 12.6. The SMILES string of the molecule is O=C(CN(C(=O)c1ccc(Cl)cc1[N+](=O)[O-])C(C(=O)NC1CCCCC1)c1ccc(Cl)cc1)c1ccccc1. The van der Waals surface area contributed by atoms with Crippen molar-refractivity contribution in [2.75, 3.05) is 6.54 Å². The zero-order chi connectivity index (χ0) is 27.9. The smallest absolute Gasteiger partial charge is 0.283 e. The van der Waals surface area contributed by atoms with Crippen LogP contribution in [0.4, 0.5) is 5.69 Å². The molecule has 0 bridgehead atoms. The van der Waals surface area contributed by atoms with Crippen LogP contribution < -0.4 is 5.32 Å². The molecule has 3 aromatic rings. The number of nitrogens with one attached hydrogen (secondary N) is 1. The van der Waals surface area contributed by atoms with Crippen molar-refractivity contribution >= 4 is 46.5 Å². The van der Waals surface area contributed by atoms with Crippen LogP contribution in [0.15, 0.2) is 72.8 Å². The molecule has 1 atom stereocenters. The van der Waals surface area contributed by atoms with E-state index >= 15 is 0 Å². The molecule has 0 aliphatic heterocycles. The second-order valence-corrected chi connectivity index (χ2v) is 10.3. The van der Waals surface area contributed by atoms with Gasteiger partial charge in [-0.25, -0.2) is 0 Å². The minimum Gasteiger partial charge on any atom is -0.351 e. The predicted molar refractivity (Wildman–Crippen MR) is 149 cm³/mol. The second kappa shape index (κ2) is 12.9. The summed E-state index contributed by atoms with van der Waals surface area (Å²) in [6.45, 7) is -0.492. The van der Waals surface area contributed by atoms with E-state index in [9.17, 15) is 24.5 Å². The first-order chi connectivity index (χ1) is 18.7. The Morgan fingerprint density at radius 1 is 0.923 bits per heavy atom. The number of carbonyl (C=O) groups excluding carboxylic acids is 3. The minimum atomic E-state index is -1.25. The Labute approximate surface area is 236 Å². The van der Waals surface area contributed by atoms with E-state index in [1.807, 2.05) is 0 Å². The molecule has 1 saturated carbocycles. The fourth-order valence-electron chi connectivity index (χ4n) is 4.79. The van der Waals surface area contributed by atoms with Gasteiger partial charge in [-0.2, -0.15) is 0 Å². The van der Waals surface area contributed by atoms with Crippen LogP contribution in [0.2, 0.25) is 10.0 Å². The summed E-state index contributed by atoms with van der Waals surface area (Å²) in [6.07, 6.45) is 4.64. The standard InChI is InChI=1S/C29H27Cl2N3O5/c30-21-13-11-20(12-14-21)27(28(36)32-23-9-5-2-6-10-23)33(18-26(35)19-7-3-1-4-8-19)29(37)24-16-15-22(31)17-25(24)34(38)39/h1,3-4,7-8,11-17,23,27H,2,5-6,9-10,18H2,(H,32,36). The minimum absolute atomic E-state index is 0.0762. The average molecular weight is 568 g/mol. The van der Waals surface area contributed by atoms with E-state index in [0.29, 0.717) is 16.1 Å². The summed E-state index contributed by atoms with van der Waals surface area (Å²) in [7, 11) is 0. The number of hydrogen-bond acceptors (Lipinski definition) is 5. The van der Waals surface area contributed by atoms with Gasteiger partial charge in [-0.1, -0.05) is 84.9 Å². The maximum Gasteiger partial charge on any atom is 0.283 e. The molecule has 1 fully saturated rings. The van der Waals surface area contributed by atoms with Crippen LogP contribution in [0.5, 0.6) is 0 Å². The van der Waals surface area contributed by atoms with Gasteiger partial charge < -0.3 is 10.2 Å². The van der Waals surface area contributed by atoms with Gasteiger partial charge in [-0.3, -0.25) is 24.5 Å². The Morgan fingerprint density at radius 3 is 2.21 bits per heavy atom. The van der Waals surface area contributed by atoms with E-state index in [1.54, 1.807) is 54.6 Å². The lowest BCUT2D eigenvalue weighted by atomic mass is 9.94. The maximum atomic E-state index is 14.0. The summed E-state index contributed by atoms with van der Waals surface area (Å²) >= 11 is 12.1. The predicted octanol–water partition coefficient (Wildman–Crippen LogP) is 6.42. The lowest BCUT2D eigenvalue weighted by molar-refractivity contribution is -0.385.